The largest absolute Gasteiger partial charge is 1.00 e. The van der Waals surface area contributed by atoms with E-state index in [1.54, 1.807) is 0 Å². The van der Waals surface area contributed by atoms with Gasteiger partial charge in [-0.15, -0.1) is 0 Å². The zero-order valence-corrected chi connectivity index (χ0v) is 9.89. The minimum atomic E-state index is 0. The van der Waals surface area contributed by atoms with Crippen LogP contribution < -0.4 is 21.1 Å². The second-order valence-corrected chi connectivity index (χ2v) is 3.53. The maximum atomic E-state index is 8.43. The molecule has 0 aromatic heterocycles. The molecular weight excluding hydrogens is 243 g/mol. The summed E-state index contributed by atoms with van der Waals surface area (Å²) < 4.78 is 1.26. The van der Waals surface area contributed by atoms with Gasteiger partial charge in [0.1, 0.15) is 0 Å². The van der Waals surface area contributed by atoms with E-state index in [0.717, 1.165) is 23.9 Å². The van der Waals surface area contributed by atoms with Gasteiger partial charge in [0.25, 0.3) is 0 Å². The Bertz CT molecular complexity index is 254. The Kier molecular flexibility index (Phi) is 4.52. The molecule has 0 unspecified atom stereocenters. The number of halogens is 1. The summed E-state index contributed by atoms with van der Waals surface area (Å²) in [7, 11) is 0. The zero-order chi connectivity index (χ0) is 6.69. The summed E-state index contributed by atoms with van der Waals surface area (Å²) in [5, 5.41) is 8.43. The summed E-state index contributed by atoms with van der Waals surface area (Å²) in [4.78, 5) is 0. The Labute approximate surface area is 80.5 Å². The van der Waals surface area contributed by atoms with Gasteiger partial charge >= 0.3 is 63.6 Å². The topological polar surface area (TPSA) is 23.8 Å². The van der Waals surface area contributed by atoms with E-state index in [9.17, 15) is 0 Å². The minimum Gasteiger partial charge on any atom is -1.00 e. The predicted molar refractivity (Wildman–Crippen MR) is 30.8 cm³/mol. The van der Waals surface area contributed by atoms with Crippen molar-refractivity contribution in [3.05, 3.63) is 29.8 Å². The van der Waals surface area contributed by atoms with E-state index in [-0.39, 0.29) is 17.0 Å². The smallest absolute Gasteiger partial charge is 1.00 e. The Morgan fingerprint density at radius 1 is 1.40 bits per heavy atom. The van der Waals surface area contributed by atoms with Gasteiger partial charge < -0.3 is 17.0 Å². The number of rotatable bonds is 0. The van der Waals surface area contributed by atoms with Gasteiger partial charge in [-0.05, 0) is 0 Å². The van der Waals surface area contributed by atoms with Gasteiger partial charge in [0.15, 0.2) is 0 Å². The van der Waals surface area contributed by atoms with Gasteiger partial charge in [-0.25, -0.2) is 0 Å². The first-order chi connectivity index (χ1) is 4.33. The van der Waals surface area contributed by atoms with Crippen molar-refractivity contribution in [2.24, 2.45) is 0 Å². The molecule has 0 heterocycles. The summed E-state index contributed by atoms with van der Waals surface area (Å²) in [5.41, 5.74) is 0.763. The molecule has 10 heavy (non-hydrogen) atoms. The number of benzene rings is 1. The van der Waals surface area contributed by atoms with E-state index in [1.165, 1.54) is 4.16 Å². The first kappa shape index (κ1) is 9.81. The van der Waals surface area contributed by atoms with Crippen LogP contribution >= 0.6 is 0 Å². The second kappa shape index (κ2) is 4.60. The molecule has 0 saturated heterocycles. The van der Waals surface area contributed by atoms with Crippen LogP contribution in [-0.4, -0.2) is 0 Å². The summed E-state index contributed by atoms with van der Waals surface area (Å²) >= 11 is 1.12. The van der Waals surface area contributed by atoms with Crippen LogP contribution in [0.2, 0.25) is 0 Å². The van der Waals surface area contributed by atoms with Crippen molar-refractivity contribution < 1.29 is 35.3 Å². The van der Waals surface area contributed by atoms with Gasteiger partial charge in [0.05, 0.1) is 0 Å². The van der Waals surface area contributed by atoms with Crippen LogP contribution in [0, 0.1) is 11.3 Å². The van der Waals surface area contributed by atoms with Crippen molar-refractivity contribution in [1.29, 1.82) is 5.26 Å². The molecule has 0 amide bonds. The van der Waals surface area contributed by atoms with Gasteiger partial charge in [-0.3, -0.25) is 0 Å². The first-order valence-electron chi connectivity index (χ1n) is 2.65. The van der Waals surface area contributed by atoms with E-state index in [2.05, 4.69) is 6.07 Å². The maximum Gasteiger partial charge on any atom is -1.00 e. The molecule has 0 radical (unpaired) electrons. The molecule has 3 heteroatoms. The van der Waals surface area contributed by atoms with Crippen molar-refractivity contribution >= 4 is 4.16 Å². The average molecular weight is 247 g/mol. The van der Waals surface area contributed by atoms with Gasteiger partial charge in [-0.2, -0.15) is 0 Å². The summed E-state index contributed by atoms with van der Waals surface area (Å²) in [5.74, 6) is 0. The first-order valence-corrected chi connectivity index (χ1v) is 4.13. The molecule has 0 saturated carbocycles. The normalized spacial score (nSPS) is 7.70. The third-order valence-corrected chi connectivity index (χ3v) is 1.98. The van der Waals surface area contributed by atoms with Crippen molar-refractivity contribution in [3.63, 3.8) is 0 Å². The van der Waals surface area contributed by atoms with Crippen molar-refractivity contribution in [1.82, 2.24) is 0 Å². The molecule has 1 nitrogen and oxygen atoms in total. The fourth-order valence-electron chi connectivity index (χ4n) is 0.641. The van der Waals surface area contributed by atoms with E-state index in [0.29, 0.717) is 0 Å². The van der Waals surface area contributed by atoms with Gasteiger partial charge in [-0.1, -0.05) is 0 Å². The maximum absolute atomic E-state index is 8.43. The second-order valence-electron chi connectivity index (χ2n) is 1.81. The molecule has 0 fully saturated rings. The molecule has 46 valence electrons. The quantitative estimate of drug-likeness (QED) is 0.475. The molecule has 0 spiro atoms. The molecule has 1 aromatic rings. The van der Waals surface area contributed by atoms with Crippen LogP contribution in [0.4, 0.5) is 0 Å². The van der Waals surface area contributed by atoms with Crippen LogP contribution in [0.15, 0.2) is 24.3 Å². The zero-order valence-electron chi connectivity index (χ0n) is 5.34. The molecule has 0 aliphatic heterocycles. The molecule has 0 aliphatic rings. The standard InChI is InChI=1S/C7H4N.BrH.Zn/c8-6-7-4-2-1-3-5-7;;/h1-2,4-5H;1H;/q;;+1/p-1. The molecule has 0 N–H and O–H groups in total. The van der Waals surface area contributed by atoms with Crippen molar-refractivity contribution in [3.8, 4) is 6.07 Å². The minimum absolute atomic E-state index is 0. The van der Waals surface area contributed by atoms with Gasteiger partial charge in [0.2, 0.25) is 0 Å². The van der Waals surface area contributed by atoms with Crippen LogP contribution in [0.1, 0.15) is 5.56 Å². The number of hydrogen-bond donors (Lipinski definition) is 0. The Morgan fingerprint density at radius 2 is 2.10 bits per heavy atom. The Balaban J connectivity index is 0.000000810. The number of nitrogens with zero attached hydrogens (tertiary/aromatic N) is 1. The van der Waals surface area contributed by atoms with E-state index in [1.807, 2.05) is 24.3 Å². The van der Waals surface area contributed by atoms with E-state index < -0.39 is 0 Å². The monoisotopic (exact) mass is 245 g/mol. The van der Waals surface area contributed by atoms with Crippen molar-refractivity contribution in [2.45, 2.75) is 0 Å². The third-order valence-electron chi connectivity index (χ3n) is 1.06. The molecule has 0 atom stereocenters. The SMILES string of the molecule is N#Cc1ccc[c]([Zn+])c1.[Br-]. The summed E-state index contributed by atoms with van der Waals surface area (Å²) in [6, 6.07) is 9.77. The summed E-state index contributed by atoms with van der Waals surface area (Å²) in [6.45, 7) is 0. The molecule has 1 aromatic carbocycles. The Morgan fingerprint density at radius 3 is 2.50 bits per heavy atom. The molecule has 0 aliphatic carbocycles. The van der Waals surface area contributed by atoms with Crippen molar-refractivity contribution in [2.75, 3.05) is 0 Å². The van der Waals surface area contributed by atoms with Crippen LogP contribution in [0.25, 0.3) is 0 Å². The summed E-state index contributed by atoms with van der Waals surface area (Å²) in [6.07, 6.45) is 0. The van der Waals surface area contributed by atoms with E-state index in [4.69, 9.17) is 5.26 Å². The number of nitriles is 1. The molecule has 1 rings (SSSR count). The van der Waals surface area contributed by atoms with E-state index >= 15 is 0 Å². The predicted octanol–water partition coefficient (Wildman–Crippen LogP) is -2.27. The fraction of sp³-hybridized carbons (Fsp3) is 0. The molecule has 0 bridgehead atoms. The average Bonchev–Trinajstić information content (AvgIpc) is 1.88. The van der Waals surface area contributed by atoms with Crippen LogP contribution in [-0.2, 0) is 18.3 Å². The van der Waals surface area contributed by atoms with Gasteiger partial charge in [0, 0.05) is 0 Å². The van der Waals surface area contributed by atoms with Crippen LogP contribution in [0.3, 0.4) is 0 Å². The fourth-order valence-corrected chi connectivity index (χ4v) is 1.39. The van der Waals surface area contributed by atoms with Crippen LogP contribution in [0.5, 0.6) is 0 Å². The Hall–Kier alpha value is -0.187. The number of hydrogen-bond acceptors (Lipinski definition) is 1. The third kappa shape index (κ3) is 2.60. The molecular formula is C7H4BrNZn.